The molecule has 0 bridgehead atoms. The van der Waals surface area contributed by atoms with Crippen LogP contribution >= 0.6 is 0 Å². The van der Waals surface area contributed by atoms with Crippen molar-refractivity contribution in [1.29, 1.82) is 0 Å². The first-order chi connectivity index (χ1) is 12.9. The number of benzene rings is 3. The van der Waals surface area contributed by atoms with Crippen LogP contribution in [0.3, 0.4) is 0 Å². The van der Waals surface area contributed by atoms with Crippen molar-refractivity contribution >= 4 is 26.5 Å². The van der Waals surface area contributed by atoms with Crippen LogP contribution in [0.25, 0.3) is 10.8 Å². The minimum Gasteiger partial charge on any atom is -0.496 e. The van der Waals surface area contributed by atoms with Crippen molar-refractivity contribution in [2.45, 2.75) is 4.90 Å². The van der Waals surface area contributed by atoms with Crippen LogP contribution in [-0.4, -0.2) is 47.6 Å². The Kier molecular flexibility index (Phi) is 5.68. The maximum atomic E-state index is 13.6. The molecular weight excluding hydrogens is 360 g/mol. The van der Waals surface area contributed by atoms with Gasteiger partial charge < -0.3 is 9.64 Å². The van der Waals surface area contributed by atoms with Crippen molar-refractivity contribution in [3.05, 3.63) is 66.7 Å². The zero-order valence-corrected chi connectivity index (χ0v) is 16.6. The molecule has 0 N–H and O–H groups in total. The second kappa shape index (κ2) is 7.98. The number of nitrogens with zero attached hydrogens (tertiary/aromatic N) is 2. The normalized spacial score (nSPS) is 11.7. The summed E-state index contributed by atoms with van der Waals surface area (Å²) in [6, 6.07) is 20.0. The Morgan fingerprint density at radius 2 is 1.44 bits per heavy atom. The summed E-state index contributed by atoms with van der Waals surface area (Å²) in [5, 5.41) is 1.43. The average molecular weight is 385 g/mol. The van der Waals surface area contributed by atoms with Crippen LogP contribution in [0.1, 0.15) is 0 Å². The highest BCUT2D eigenvalue weighted by atomic mass is 32.2. The quantitative estimate of drug-likeness (QED) is 0.624. The molecule has 0 aliphatic carbocycles. The van der Waals surface area contributed by atoms with Gasteiger partial charge >= 0.3 is 0 Å². The van der Waals surface area contributed by atoms with Gasteiger partial charge in [0.05, 0.1) is 17.7 Å². The minimum atomic E-state index is -3.75. The molecule has 0 aliphatic heterocycles. The molecule has 27 heavy (non-hydrogen) atoms. The summed E-state index contributed by atoms with van der Waals surface area (Å²) in [6.45, 7) is 0.974. The molecule has 3 aromatic rings. The monoisotopic (exact) mass is 384 g/mol. The van der Waals surface area contributed by atoms with E-state index in [-0.39, 0.29) is 4.90 Å². The summed E-state index contributed by atoms with van der Waals surface area (Å²) >= 11 is 0. The van der Waals surface area contributed by atoms with Gasteiger partial charge in [0.15, 0.2) is 0 Å². The van der Waals surface area contributed by atoms with E-state index in [1.807, 2.05) is 73.6 Å². The van der Waals surface area contributed by atoms with Crippen molar-refractivity contribution in [3.8, 4) is 5.75 Å². The van der Waals surface area contributed by atoms with E-state index >= 15 is 0 Å². The number of fused-ring (bicyclic) bond motifs is 1. The highest BCUT2D eigenvalue weighted by Gasteiger charge is 2.27. The molecule has 0 heterocycles. The van der Waals surface area contributed by atoms with Crippen LogP contribution in [0.4, 0.5) is 5.69 Å². The second-order valence-electron chi connectivity index (χ2n) is 6.53. The summed E-state index contributed by atoms with van der Waals surface area (Å²) in [7, 11) is 1.69. The molecule has 3 aromatic carbocycles. The number of hydrogen-bond donors (Lipinski definition) is 0. The Balaban J connectivity index is 2.16. The smallest absolute Gasteiger partial charge is 0.264 e. The molecule has 0 saturated heterocycles. The topological polar surface area (TPSA) is 49.9 Å². The van der Waals surface area contributed by atoms with Crippen LogP contribution in [0, 0.1) is 0 Å². The summed E-state index contributed by atoms with van der Waals surface area (Å²) in [5.41, 5.74) is 0.652. The van der Waals surface area contributed by atoms with Crippen LogP contribution in [0.5, 0.6) is 5.75 Å². The van der Waals surface area contributed by atoms with E-state index < -0.39 is 10.0 Å². The molecule has 0 aromatic heterocycles. The minimum absolute atomic E-state index is 0.279. The average Bonchev–Trinajstić information content (AvgIpc) is 2.67. The molecule has 5 nitrogen and oxygen atoms in total. The van der Waals surface area contributed by atoms with Gasteiger partial charge in [0.1, 0.15) is 5.75 Å². The molecule has 0 atom stereocenters. The van der Waals surface area contributed by atoms with Gasteiger partial charge in [0.2, 0.25) is 0 Å². The molecule has 0 amide bonds. The van der Waals surface area contributed by atoms with Gasteiger partial charge in [-0.05, 0) is 38.4 Å². The van der Waals surface area contributed by atoms with Crippen molar-refractivity contribution < 1.29 is 13.2 Å². The van der Waals surface area contributed by atoms with Gasteiger partial charge in [-0.2, -0.15) is 0 Å². The van der Waals surface area contributed by atoms with Gasteiger partial charge in [-0.3, -0.25) is 4.31 Å². The van der Waals surface area contributed by atoms with Gasteiger partial charge in [-0.25, -0.2) is 8.42 Å². The predicted octanol–water partition coefficient (Wildman–Crippen LogP) is 3.61. The molecule has 0 saturated carbocycles. The Hall–Kier alpha value is -2.57. The number of ether oxygens (including phenoxy) is 1. The Bertz CT molecular complexity index is 1020. The zero-order chi connectivity index (χ0) is 19.4. The fourth-order valence-corrected chi connectivity index (χ4v) is 4.69. The van der Waals surface area contributed by atoms with Gasteiger partial charge in [0.25, 0.3) is 10.0 Å². The van der Waals surface area contributed by atoms with Crippen molar-refractivity contribution in [2.24, 2.45) is 0 Å². The van der Waals surface area contributed by atoms with Crippen LogP contribution in [-0.2, 0) is 10.0 Å². The first-order valence-electron chi connectivity index (χ1n) is 8.73. The molecule has 0 aliphatic rings. The largest absolute Gasteiger partial charge is 0.496 e. The SMILES string of the molecule is COc1ccc(S(=O)(=O)N(CCN(C)C)c2ccccc2)c2ccccc12. The number of para-hydroxylation sites is 1. The number of likely N-dealkylation sites (N-methyl/N-ethyl adjacent to an activating group) is 1. The van der Waals surface area contributed by atoms with Crippen molar-refractivity contribution in [3.63, 3.8) is 0 Å². The highest BCUT2D eigenvalue weighted by molar-refractivity contribution is 7.93. The molecule has 0 fully saturated rings. The van der Waals surface area contributed by atoms with Crippen molar-refractivity contribution in [1.82, 2.24) is 4.90 Å². The van der Waals surface area contributed by atoms with Crippen LogP contribution in [0.2, 0.25) is 0 Å². The fourth-order valence-electron chi connectivity index (χ4n) is 3.04. The predicted molar refractivity (Wildman–Crippen MR) is 110 cm³/mol. The molecule has 0 radical (unpaired) electrons. The molecule has 0 spiro atoms. The Morgan fingerprint density at radius 1 is 0.815 bits per heavy atom. The van der Waals surface area contributed by atoms with E-state index in [2.05, 4.69) is 0 Å². The van der Waals surface area contributed by atoms with E-state index in [1.54, 1.807) is 19.2 Å². The molecular formula is C21H24N2O3S. The van der Waals surface area contributed by atoms with E-state index in [0.717, 1.165) is 5.39 Å². The Morgan fingerprint density at radius 3 is 2.07 bits per heavy atom. The number of methoxy groups -OCH3 is 1. The lowest BCUT2D eigenvalue weighted by Gasteiger charge is -2.26. The third kappa shape index (κ3) is 3.91. The van der Waals surface area contributed by atoms with E-state index in [1.165, 1.54) is 4.31 Å². The van der Waals surface area contributed by atoms with E-state index in [0.29, 0.717) is 29.9 Å². The number of hydrogen-bond acceptors (Lipinski definition) is 4. The van der Waals surface area contributed by atoms with Crippen molar-refractivity contribution in [2.75, 3.05) is 38.6 Å². The summed E-state index contributed by atoms with van der Waals surface area (Å²) in [4.78, 5) is 2.25. The fraction of sp³-hybridized carbons (Fsp3) is 0.238. The van der Waals surface area contributed by atoms with Gasteiger partial charge in [-0.15, -0.1) is 0 Å². The summed E-state index contributed by atoms with van der Waals surface area (Å²) in [6.07, 6.45) is 0. The highest BCUT2D eigenvalue weighted by Crippen LogP contribution is 2.33. The third-order valence-electron chi connectivity index (χ3n) is 4.43. The lowest BCUT2D eigenvalue weighted by Crippen LogP contribution is -2.36. The van der Waals surface area contributed by atoms with Gasteiger partial charge in [-0.1, -0.05) is 42.5 Å². The molecule has 3 rings (SSSR count). The molecule has 6 heteroatoms. The third-order valence-corrected chi connectivity index (χ3v) is 6.31. The number of sulfonamides is 1. The zero-order valence-electron chi connectivity index (χ0n) is 15.8. The lowest BCUT2D eigenvalue weighted by atomic mass is 10.1. The first-order valence-corrected chi connectivity index (χ1v) is 10.2. The van der Waals surface area contributed by atoms with Crippen LogP contribution in [0.15, 0.2) is 71.6 Å². The first kappa shape index (κ1) is 19.2. The summed E-state index contributed by atoms with van der Waals surface area (Å²) < 4.78 is 34.1. The van der Waals surface area contributed by atoms with E-state index in [9.17, 15) is 8.42 Å². The maximum absolute atomic E-state index is 13.6. The number of rotatable bonds is 7. The lowest BCUT2D eigenvalue weighted by molar-refractivity contribution is 0.419. The molecule has 142 valence electrons. The van der Waals surface area contributed by atoms with Gasteiger partial charge in [0, 0.05) is 23.9 Å². The Labute approximate surface area is 160 Å². The standard InChI is InChI=1S/C21H24N2O3S/c1-22(2)15-16-23(17-9-5-4-6-10-17)27(24,25)21-14-13-20(26-3)18-11-7-8-12-19(18)21/h4-14H,15-16H2,1-3H3. The van der Waals surface area contributed by atoms with E-state index in [4.69, 9.17) is 4.74 Å². The van der Waals surface area contributed by atoms with Crippen LogP contribution < -0.4 is 9.04 Å². The number of anilines is 1. The maximum Gasteiger partial charge on any atom is 0.264 e. The summed E-state index contributed by atoms with van der Waals surface area (Å²) in [5.74, 6) is 0.657. The second-order valence-corrected chi connectivity index (χ2v) is 8.36. The molecule has 0 unspecified atom stereocenters.